The third kappa shape index (κ3) is 4.47. The van der Waals surface area contributed by atoms with Crippen LogP contribution in [0, 0.1) is 0 Å². The Morgan fingerprint density at radius 1 is 1.24 bits per heavy atom. The zero-order chi connectivity index (χ0) is 16.3. The molecule has 0 bridgehead atoms. The normalized spacial score (nSPS) is 15.9. The van der Waals surface area contributed by atoms with Gasteiger partial charge in [0.05, 0.1) is 0 Å². The van der Waals surface area contributed by atoms with Crippen LogP contribution in [0.2, 0.25) is 0 Å². The number of nitrogens with two attached hydrogens (primary N) is 1. The summed E-state index contributed by atoms with van der Waals surface area (Å²) in [4.78, 5) is 24.6. The van der Waals surface area contributed by atoms with E-state index in [1.165, 1.54) is 11.8 Å². The first-order valence-electron chi connectivity index (χ1n) is 6.55. The number of carbonyl (C=O) groups excluding carboxylic acids is 1. The summed E-state index contributed by atoms with van der Waals surface area (Å²) in [7, 11) is 0. The van der Waals surface area contributed by atoms with E-state index in [4.69, 9.17) is 10.5 Å². The summed E-state index contributed by atoms with van der Waals surface area (Å²) in [5, 5.41) is 8.72. The molecule has 0 saturated carbocycles. The van der Waals surface area contributed by atoms with Crippen molar-refractivity contribution in [2.75, 3.05) is 0 Å². The summed E-state index contributed by atoms with van der Waals surface area (Å²) in [5.41, 5.74) is 2.99. The maximum absolute atomic E-state index is 12.2. The fraction of sp³-hybridized carbons (Fsp3) is 0.467. The Hall–Kier alpha value is -1.53. The number of hydrogen-bond donors (Lipinski definition) is 2. The number of esters is 1. The zero-order valence-corrected chi connectivity index (χ0v) is 13.4. The molecule has 116 valence electrons. The first kappa shape index (κ1) is 17.5. The monoisotopic (exact) mass is 311 g/mol. The lowest BCUT2D eigenvalue weighted by Gasteiger charge is -2.31. The lowest BCUT2D eigenvalue weighted by molar-refractivity contribution is -0.168. The third-order valence-electron chi connectivity index (χ3n) is 2.79. The number of benzene rings is 1. The van der Waals surface area contributed by atoms with E-state index in [0.717, 1.165) is 4.90 Å². The van der Waals surface area contributed by atoms with Crippen LogP contribution in [0.3, 0.4) is 0 Å². The zero-order valence-electron chi connectivity index (χ0n) is 12.6. The van der Waals surface area contributed by atoms with Gasteiger partial charge in [-0.15, -0.1) is 11.8 Å². The molecule has 0 spiro atoms. The van der Waals surface area contributed by atoms with E-state index in [1.807, 2.05) is 30.3 Å². The second-order valence-corrected chi connectivity index (χ2v) is 7.16. The molecule has 0 fully saturated rings. The van der Waals surface area contributed by atoms with Crippen molar-refractivity contribution in [3.63, 3.8) is 0 Å². The minimum Gasteiger partial charge on any atom is -0.479 e. The molecule has 0 saturated heterocycles. The molecule has 0 aliphatic heterocycles. The van der Waals surface area contributed by atoms with E-state index in [-0.39, 0.29) is 0 Å². The van der Waals surface area contributed by atoms with Crippen molar-refractivity contribution in [1.82, 2.24) is 0 Å². The van der Waals surface area contributed by atoms with Gasteiger partial charge in [0.25, 0.3) is 0 Å². The van der Waals surface area contributed by atoms with Gasteiger partial charge in [-0.2, -0.15) is 0 Å². The smallest absolute Gasteiger partial charge is 0.339 e. The number of hydrogen-bond acceptors (Lipinski definition) is 5. The summed E-state index contributed by atoms with van der Waals surface area (Å²) in [5.74, 6) is -2.33. The van der Waals surface area contributed by atoms with Crippen molar-refractivity contribution < 1.29 is 19.4 Å². The number of thioether (sulfide) groups is 1. The van der Waals surface area contributed by atoms with E-state index in [0.29, 0.717) is 0 Å². The molecule has 0 aliphatic carbocycles. The molecule has 0 aliphatic rings. The molecule has 1 rings (SSSR count). The van der Waals surface area contributed by atoms with Crippen molar-refractivity contribution >= 4 is 23.7 Å². The summed E-state index contributed by atoms with van der Waals surface area (Å²) in [6, 6.07) is 9.19. The number of carboxylic acids is 1. The van der Waals surface area contributed by atoms with Crippen molar-refractivity contribution in [2.24, 2.45) is 5.73 Å². The summed E-state index contributed by atoms with van der Waals surface area (Å²) in [6.45, 7) is 6.61. The highest BCUT2D eigenvalue weighted by atomic mass is 32.2. The Bertz CT molecular complexity index is 512. The lowest BCUT2D eigenvalue weighted by Crippen LogP contribution is -2.62. The average molecular weight is 311 g/mol. The molecule has 5 nitrogen and oxygen atoms in total. The fourth-order valence-corrected chi connectivity index (χ4v) is 2.69. The third-order valence-corrected chi connectivity index (χ3v) is 4.06. The van der Waals surface area contributed by atoms with E-state index in [2.05, 4.69) is 0 Å². The summed E-state index contributed by atoms with van der Waals surface area (Å²) < 4.78 is 5.16. The molecule has 2 unspecified atom stereocenters. The maximum Gasteiger partial charge on any atom is 0.339 e. The van der Waals surface area contributed by atoms with Crippen molar-refractivity contribution in [3.05, 3.63) is 30.3 Å². The van der Waals surface area contributed by atoms with Crippen LogP contribution < -0.4 is 5.73 Å². The number of rotatable bonds is 5. The van der Waals surface area contributed by atoms with Crippen LogP contribution in [-0.4, -0.2) is 33.4 Å². The minimum absolute atomic E-state index is 0.688. The van der Waals surface area contributed by atoms with E-state index in [9.17, 15) is 14.7 Å². The number of ether oxygens (including phenoxy) is 1. The SMILES string of the molecule is CC(Sc1ccccc1)C(N)(C(=O)O)C(=O)OC(C)(C)C. The van der Waals surface area contributed by atoms with Gasteiger partial charge in [-0.25, -0.2) is 9.59 Å². The maximum atomic E-state index is 12.2. The van der Waals surface area contributed by atoms with Gasteiger partial charge in [0, 0.05) is 10.1 Å². The molecule has 3 N–H and O–H groups in total. The minimum atomic E-state index is -2.10. The van der Waals surface area contributed by atoms with Gasteiger partial charge in [-0.3, -0.25) is 0 Å². The van der Waals surface area contributed by atoms with Crippen molar-refractivity contribution in [1.29, 1.82) is 0 Å². The Morgan fingerprint density at radius 2 is 1.76 bits per heavy atom. The van der Waals surface area contributed by atoms with Crippen LogP contribution >= 0.6 is 11.8 Å². The van der Waals surface area contributed by atoms with Gasteiger partial charge < -0.3 is 15.6 Å². The van der Waals surface area contributed by atoms with Crippen LogP contribution in [0.15, 0.2) is 35.2 Å². The summed E-state index contributed by atoms with van der Waals surface area (Å²) in [6.07, 6.45) is 0. The lowest BCUT2D eigenvalue weighted by atomic mass is 9.97. The predicted octanol–water partition coefficient (Wildman–Crippen LogP) is 2.29. The van der Waals surface area contributed by atoms with Crippen LogP contribution in [0.4, 0.5) is 0 Å². The van der Waals surface area contributed by atoms with Gasteiger partial charge >= 0.3 is 11.9 Å². The Balaban J connectivity index is 2.99. The molecule has 0 radical (unpaired) electrons. The summed E-state index contributed by atoms with van der Waals surface area (Å²) >= 11 is 1.23. The van der Waals surface area contributed by atoms with Crippen LogP contribution in [0.1, 0.15) is 27.7 Å². The first-order chi connectivity index (χ1) is 9.57. The molecule has 1 aromatic carbocycles. The molecule has 0 aromatic heterocycles. The highest BCUT2D eigenvalue weighted by Gasteiger charge is 2.50. The van der Waals surface area contributed by atoms with Gasteiger partial charge in [0.15, 0.2) is 0 Å². The topological polar surface area (TPSA) is 89.6 Å². The Morgan fingerprint density at radius 3 is 2.19 bits per heavy atom. The fourth-order valence-electron chi connectivity index (χ4n) is 1.59. The molecular weight excluding hydrogens is 290 g/mol. The van der Waals surface area contributed by atoms with Crippen molar-refractivity contribution in [2.45, 2.75) is 49.0 Å². The van der Waals surface area contributed by atoms with E-state index >= 15 is 0 Å². The van der Waals surface area contributed by atoms with E-state index in [1.54, 1.807) is 27.7 Å². The molecule has 1 aromatic rings. The van der Waals surface area contributed by atoms with Crippen LogP contribution in [-0.2, 0) is 14.3 Å². The molecule has 0 heterocycles. The number of carboxylic acid groups (broad SMARTS) is 1. The van der Waals surface area contributed by atoms with E-state index < -0.39 is 28.3 Å². The van der Waals surface area contributed by atoms with Gasteiger partial charge in [0.1, 0.15) is 5.60 Å². The Labute approximate surface area is 128 Å². The molecule has 21 heavy (non-hydrogen) atoms. The number of carbonyl (C=O) groups is 2. The largest absolute Gasteiger partial charge is 0.479 e. The van der Waals surface area contributed by atoms with Crippen LogP contribution in [0.5, 0.6) is 0 Å². The second kappa shape index (κ2) is 6.49. The van der Waals surface area contributed by atoms with Crippen molar-refractivity contribution in [3.8, 4) is 0 Å². The molecular formula is C15H21NO4S. The molecule has 6 heteroatoms. The average Bonchev–Trinajstić information content (AvgIpc) is 2.36. The van der Waals surface area contributed by atoms with Crippen LogP contribution in [0.25, 0.3) is 0 Å². The number of aliphatic carboxylic acids is 1. The standard InChI is InChI=1S/C15H21NO4S/c1-10(21-11-8-6-5-7-9-11)15(16,12(17)18)13(19)20-14(2,3)4/h5-10H,16H2,1-4H3,(H,17,18). The first-order valence-corrected chi connectivity index (χ1v) is 7.42. The second-order valence-electron chi connectivity index (χ2n) is 5.75. The molecule has 0 amide bonds. The van der Waals surface area contributed by atoms with Gasteiger partial charge in [-0.05, 0) is 39.8 Å². The highest BCUT2D eigenvalue weighted by Crippen LogP contribution is 2.31. The highest BCUT2D eigenvalue weighted by molar-refractivity contribution is 8.00. The Kier molecular flexibility index (Phi) is 5.42. The van der Waals surface area contributed by atoms with Gasteiger partial charge in [-0.1, -0.05) is 18.2 Å². The predicted molar refractivity (Wildman–Crippen MR) is 82.2 cm³/mol. The van der Waals surface area contributed by atoms with Gasteiger partial charge in [0.2, 0.25) is 5.54 Å². The quantitative estimate of drug-likeness (QED) is 0.492. The molecule has 2 atom stereocenters.